The van der Waals surface area contributed by atoms with Gasteiger partial charge in [-0.1, -0.05) is 51.0 Å². The highest BCUT2D eigenvalue weighted by Gasteiger charge is 2.47. The molecule has 3 aliphatic rings. The number of aromatic nitrogens is 1. The molecule has 2 fully saturated rings. The third-order valence-electron chi connectivity index (χ3n) is 11.9. The van der Waals surface area contributed by atoms with Crippen LogP contribution in [0.15, 0.2) is 48.3 Å². The van der Waals surface area contributed by atoms with E-state index in [2.05, 4.69) is 20.9 Å². The van der Waals surface area contributed by atoms with Crippen LogP contribution in [0.1, 0.15) is 85.1 Å². The van der Waals surface area contributed by atoms with Gasteiger partial charge < -0.3 is 44.2 Å². The number of aliphatic hydroxyl groups is 3. The maximum absolute atomic E-state index is 13.8. The Balaban J connectivity index is 1.67. The van der Waals surface area contributed by atoms with E-state index in [1.165, 1.54) is 6.42 Å². The van der Waals surface area contributed by atoms with E-state index in [4.69, 9.17) is 14.2 Å². The number of piperidine rings is 1. The summed E-state index contributed by atoms with van der Waals surface area (Å²) >= 11 is 0. The van der Waals surface area contributed by atoms with E-state index >= 15 is 0 Å². The van der Waals surface area contributed by atoms with Crippen LogP contribution in [0, 0.1) is 23.7 Å². The van der Waals surface area contributed by atoms with Crippen LogP contribution in [0.5, 0.6) is 0 Å². The average Bonchev–Trinajstić information content (AvgIpc) is 3.15. The second kappa shape index (κ2) is 21.8. The highest BCUT2D eigenvalue weighted by molar-refractivity contribution is 5.91. The summed E-state index contributed by atoms with van der Waals surface area (Å²) in [6.45, 7) is 13.6. The van der Waals surface area contributed by atoms with Crippen LogP contribution in [0.2, 0.25) is 0 Å². The van der Waals surface area contributed by atoms with Crippen molar-refractivity contribution in [3.63, 3.8) is 0 Å². The molecule has 4 heterocycles. The van der Waals surface area contributed by atoms with Gasteiger partial charge in [0.05, 0.1) is 36.9 Å². The fourth-order valence-electron chi connectivity index (χ4n) is 8.62. The average molecular weight is 771 g/mol. The second-order valence-corrected chi connectivity index (χ2v) is 16.8. The van der Waals surface area contributed by atoms with Crippen LogP contribution in [-0.2, 0) is 30.3 Å². The first-order chi connectivity index (χ1) is 26.2. The van der Waals surface area contributed by atoms with Gasteiger partial charge in [-0.3, -0.25) is 14.6 Å². The number of pyridine rings is 1. The molecular formula is C43H70N4O8. The molecule has 0 saturated carbocycles. The summed E-state index contributed by atoms with van der Waals surface area (Å²) in [6, 6.07) is 3.29. The molecule has 0 spiro atoms. The predicted molar refractivity (Wildman–Crippen MR) is 213 cm³/mol. The molecule has 1 aromatic rings. The normalized spacial score (nSPS) is 36.7. The number of esters is 1. The van der Waals surface area contributed by atoms with Crippen LogP contribution >= 0.6 is 0 Å². The molecular weight excluding hydrogens is 700 g/mol. The number of carbonyl (C=O) groups excluding carboxylic acids is 2. The zero-order valence-electron chi connectivity index (χ0n) is 34.6. The molecule has 0 aliphatic carbocycles. The summed E-state index contributed by atoms with van der Waals surface area (Å²) in [5.41, 5.74) is 1.97. The maximum atomic E-state index is 13.8. The van der Waals surface area contributed by atoms with Crippen molar-refractivity contribution >= 4 is 11.8 Å². The Morgan fingerprint density at radius 3 is 2.40 bits per heavy atom. The Morgan fingerprint density at radius 1 is 1.02 bits per heavy atom. The second-order valence-electron chi connectivity index (χ2n) is 16.8. The Labute approximate surface area is 329 Å². The van der Waals surface area contributed by atoms with Crippen molar-refractivity contribution < 1.29 is 39.1 Å². The summed E-state index contributed by atoms with van der Waals surface area (Å²) < 4.78 is 19.1. The Bertz CT molecular complexity index is 1390. The van der Waals surface area contributed by atoms with Gasteiger partial charge in [0, 0.05) is 43.2 Å². The van der Waals surface area contributed by atoms with Gasteiger partial charge in [0.25, 0.3) is 0 Å². The number of cyclic esters (lactones) is 1. The third kappa shape index (κ3) is 13.2. The molecule has 310 valence electrons. The van der Waals surface area contributed by atoms with Crippen molar-refractivity contribution in [3.8, 4) is 0 Å². The number of likely N-dealkylation sites (tertiary alicyclic amines) is 1. The molecule has 12 atom stereocenters. The van der Waals surface area contributed by atoms with Crippen LogP contribution in [0.3, 0.4) is 0 Å². The molecule has 0 bridgehead atoms. The lowest BCUT2D eigenvalue weighted by molar-refractivity contribution is -0.304. The predicted octanol–water partition coefficient (Wildman–Crippen LogP) is 4.22. The smallest absolute Gasteiger partial charge is 0.308 e. The van der Waals surface area contributed by atoms with E-state index in [1.807, 2.05) is 59.1 Å². The Hall–Kier alpha value is -2.55. The monoisotopic (exact) mass is 771 g/mol. The van der Waals surface area contributed by atoms with E-state index in [1.54, 1.807) is 38.2 Å². The molecule has 4 rings (SSSR count). The fourth-order valence-corrected chi connectivity index (χ4v) is 8.62. The standard InChI is InChI=1S/C43H70N4O8/c1-9-37-34(27-46(8)26-32-14-13-18-44-25-32)22-28(2)15-16-35(48)29(3)23-33(17-21-47-19-11-10-12-20-47)42(30(4)36(49)24-38(50)54-37)55-43-41(52)39(45(6)7)40(51)31(5)53-43/h13-16,18,22,25,29-31,33-34,36-37,39-43,49,51-52H,9-12,17,19-21,23-24,26-27H2,1-8H3/b16-15+,28-22+/t29-,30+,31-,33+,34-,36-,37-,39+,40-,41-,42-,43+/m1/s1. The zero-order chi connectivity index (χ0) is 40.2. The van der Waals surface area contributed by atoms with Crippen LogP contribution < -0.4 is 0 Å². The highest BCUT2D eigenvalue weighted by atomic mass is 16.7. The van der Waals surface area contributed by atoms with Crippen LogP contribution in [0.25, 0.3) is 0 Å². The number of nitrogens with zero attached hydrogens (tertiary/aromatic N) is 4. The minimum absolute atomic E-state index is 0.00292. The van der Waals surface area contributed by atoms with Gasteiger partial charge in [0.2, 0.25) is 0 Å². The van der Waals surface area contributed by atoms with E-state index < -0.39 is 60.8 Å². The third-order valence-corrected chi connectivity index (χ3v) is 11.9. The molecule has 12 nitrogen and oxygen atoms in total. The van der Waals surface area contributed by atoms with Crippen molar-refractivity contribution in [1.29, 1.82) is 0 Å². The van der Waals surface area contributed by atoms with Gasteiger partial charge >= 0.3 is 5.97 Å². The van der Waals surface area contributed by atoms with E-state index in [0.717, 1.165) is 43.6 Å². The molecule has 55 heavy (non-hydrogen) atoms. The fraction of sp³-hybridized carbons (Fsp3) is 0.744. The van der Waals surface area contributed by atoms with Crippen molar-refractivity contribution in [2.75, 3.05) is 47.3 Å². The quantitative estimate of drug-likeness (QED) is 0.277. The molecule has 3 N–H and O–H groups in total. The molecule has 3 aliphatic heterocycles. The topological polar surface area (TPSA) is 145 Å². The van der Waals surface area contributed by atoms with E-state index in [9.17, 15) is 24.9 Å². The molecule has 0 unspecified atom stereocenters. The number of likely N-dealkylation sites (N-methyl/N-ethyl adjacent to an activating group) is 1. The van der Waals surface area contributed by atoms with Crippen molar-refractivity contribution in [2.24, 2.45) is 23.7 Å². The molecule has 12 heteroatoms. The Morgan fingerprint density at radius 2 is 1.75 bits per heavy atom. The molecule has 2 saturated heterocycles. The first kappa shape index (κ1) is 45.2. The summed E-state index contributed by atoms with van der Waals surface area (Å²) in [7, 11) is 5.61. The van der Waals surface area contributed by atoms with Gasteiger partial charge in [-0.25, -0.2) is 0 Å². The SMILES string of the molecule is CC[C@H]1OC(=O)C[C@@H](O)[C@H](C)[C@@H](O[C@@H]2O[C@H](C)[C@@H](O)[C@H](N(C)C)[C@H]2O)[C@@H](CCN2CCCCC2)C[C@@H](C)C(=O)/C=C/C(C)=C/[C@@H]1CN(C)Cc1cccnc1. The number of hydrogen-bond donors (Lipinski definition) is 3. The van der Waals surface area contributed by atoms with E-state index in [0.29, 0.717) is 32.4 Å². The van der Waals surface area contributed by atoms with Crippen LogP contribution in [-0.4, -0.2) is 143 Å². The van der Waals surface area contributed by atoms with Gasteiger partial charge in [0.1, 0.15) is 12.2 Å². The Kier molecular flexibility index (Phi) is 17.9. The largest absolute Gasteiger partial charge is 0.462 e. The molecule has 0 aromatic carbocycles. The lowest BCUT2D eigenvalue weighted by Gasteiger charge is -2.47. The van der Waals surface area contributed by atoms with Crippen molar-refractivity contribution in [1.82, 2.24) is 19.7 Å². The number of rotatable bonds is 11. The summed E-state index contributed by atoms with van der Waals surface area (Å²) in [6.07, 6.45) is 8.01. The summed E-state index contributed by atoms with van der Waals surface area (Å²) in [5, 5.41) is 34.3. The molecule has 0 radical (unpaired) electrons. The minimum atomic E-state index is -1.19. The number of hydrogen-bond acceptors (Lipinski definition) is 12. The summed E-state index contributed by atoms with van der Waals surface area (Å²) in [4.78, 5) is 38.2. The number of carbonyl (C=O) groups is 2. The first-order valence-corrected chi connectivity index (χ1v) is 20.6. The number of aliphatic hydroxyl groups excluding tert-OH is 3. The highest BCUT2D eigenvalue weighted by Crippen LogP contribution is 2.35. The van der Waals surface area contributed by atoms with Gasteiger partial charge in [0.15, 0.2) is 12.1 Å². The molecule has 1 aromatic heterocycles. The zero-order valence-corrected chi connectivity index (χ0v) is 34.6. The number of allylic oxidation sites excluding steroid dienone is 3. The van der Waals surface area contributed by atoms with Gasteiger partial charge in [-0.2, -0.15) is 0 Å². The van der Waals surface area contributed by atoms with E-state index in [-0.39, 0.29) is 30.0 Å². The van der Waals surface area contributed by atoms with Gasteiger partial charge in [-0.15, -0.1) is 0 Å². The van der Waals surface area contributed by atoms with Crippen LogP contribution in [0.4, 0.5) is 0 Å². The lowest BCUT2D eigenvalue weighted by atomic mass is 9.79. The van der Waals surface area contributed by atoms with Crippen molar-refractivity contribution in [2.45, 2.75) is 135 Å². The van der Waals surface area contributed by atoms with Crippen molar-refractivity contribution in [3.05, 3.63) is 53.9 Å². The number of ketones is 1. The maximum Gasteiger partial charge on any atom is 0.308 e. The molecule has 0 amide bonds. The van der Waals surface area contributed by atoms with Gasteiger partial charge in [-0.05, 0) is 110 Å². The summed E-state index contributed by atoms with van der Waals surface area (Å²) in [5.74, 6) is -1.86. The number of ether oxygens (including phenoxy) is 3. The lowest BCUT2D eigenvalue weighted by Crippen LogP contribution is -2.63. The first-order valence-electron chi connectivity index (χ1n) is 20.6. The minimum Gasteiger partial charge on any atom is -0.462 e.